The molecule has 1 heterocycles. The Bertz CT molecular complexity index is 722. The van der Waals surface area contributed by atoms with Crippen LogP contribution in [0.3, 0.4) is 0 Å². The van der Waals surface area contributed by atoms with Crippen molar-refractivity contribution in [3.63, 3.8) is 0 Å². The van der Waals surface area contributed by atoms with E-state index in [1.54, 1.807) is 31.2 Å². The second-order valence-corrected chi connectivity index (χ2v) is 4.92. The molecule has 2 rings (SSSR count). The molecule has 1 aromatic heterocycles. The lowest BCUT2D eigenvalue weighted by molar-refractivity contribution is 0.0950. The summed E-state index contributed by atoms with van der Waals surface area (Å²) in [6, 6.07) is 9.16. The number of hydrogen-bond acceptors (Lipinski definition) is 4. The number of amides is 2. The van der Waals surface area contributed by atoms with Crippen LogP contribution >= 0.6 is 0 Å². The smallest absolute Gasteiger partial charge is 0.407 e. The van der Waals surface area contributed by atoms with Crippen LogP contribution in [0.25, 0.3) is 0 Å². The highest BCUT2D eigenvalue weighted by Crippen LogP contribution is 2.05. The zero-order valence-electron chi connectivity index (χ0n) is 13.2. The predicted molar refractivity (Wildman–Crippen MR) is 85.7 cm³/mol. The Labute approximate surface area is 139 Å². The molecule has 1 aromatic carbocycles. The molecule has 0 bridgehead atoms. The van der Waals surface area contributed by atoms with Gasteiger partial charge < -0.3 is 15.4 Å². The maximum atomic E-state index is 13.1. The van der Waals surface area contributed by atoms with E-state index >= 15 is 0 Å². The van der Waals surface area contributed by atoms with Crippen LogP contribution in [-0.4, -0.2) is 23.6 Å². The number of nitrogens with zero attached hydrogens (tertiary/aromatic N) is 1. The summed E-state index contributed by atoms with van der Waals surface area (Å²) >= 11 is 0. The molecule has 0 spiro atoms. The van der Waals surface area contributed by atoms with Gasteiger partial charge in [-0.2, -0.15) is 0 Å². The largest absolute Gasteiger partial charge is 0.450 e. The Balaban J connectivity index is 1.92. The van der Waals surface area contributed by atoms with Crippen molar-refractivity contribution in [1.82, 2.24) is 15.6 Å². The van der Waals surface area contributed by atoms with Crippen LogP contribution in [-0.2, 0) is 17.8 Å². The fraction of sp³-hybridized carbons (Fsp3) is 0.235. The minimum atomic E-state index is -0.541. The van der Waals surface area contributed by atoms with Crippen molar-refractivity contribution in [3.05, 3.63) is 65.2 Å². The summed E-state index contributed by atoms with van der Waals surface area (Å²) < 4.78 is 17.9. The van der Waals surface area contributed by atoms with Crippen LogP contribution in [0.2, 0.25) is 0 Å². The highest BCUT2D eigenvalue weighted by molar-refractivity contribution is 5.94. The fourth-order valence-electron chi connectivity index (χ4n) is 1.99. The first-order chi connectivity index (χ1) is 11.6. The molecule has 0 radical (unpaired) electrons. The number of hydrogen-bond donors (Lipinski definition) is 2. The fourth-order valence-corrected chi connectivity index (χ4v) is 1.99. The van der Waals surface area contributed by atoms with Gasteiger partial charge in [-0.25, -0.2) is 9.18 Å². The third-order valence-electron chi connectivity index (χ3n) is 3.11. The van der Waals surface area contributed by atoms with Gasteiger partial charge in [0.2, 0.25) is 0 Å². The molecule has 7 heteroatoms. The van der Waals surface area contributed by atoms with Gasteiger partial charge in [-0.1, -0.05) is 12.1 Å². The van der Waals surface area contributed by atoms with Crippen molar-refractivity contribution >= 4 is 12.0 Å². The number of aromatic nitrogens is 1. The number of carbonyl (C=O) groups excluding carboxylic acids is 2. The normalized spacial score (nSPS) is 10.1. The molecular weight excluding hydrogens is 313 g/mol. The Morgan fingerprint density at radius 3 is 2.75 bits per heavy atom. The van der Waals surface area contributed by atoms with Crippen molar-refractivity contribution in [2.24, 2.45) is 0 Å². The summed E-state index contributed by atoms with van der Waals surface area (Å²) in [6.45, 7) is 2.36. The van der Waals surface area contributed by atoms with Gasteiger partial charge in [0.1, 0.15) is 5.82 Å². The molecule has 0 saturated heterocycles. The SMILES string of the molecule is CCOC(=O)NCc1cc(C(=O)NCc2cccc(F)c2)ccn1. The van der Waals surface area contributed by atoms with Crippen molar-refractivity contribution in [2.75, 3.05) is 6.61 Å². The molecule has 24 heavy (non-hydrogen) atoms. The first kappa shape index (κ1) is 17.4. The first-order valence-electron chi connectivity index (χ1n) is 7.46. The highest BCUT2D eigenvalue weighted by Gasteiger charge is 2.08. The number of pyridine rings is 1. The first-order valence-corrected chi connectivity index (χ1v) is 7.46. The molecule has 0 aliphatic rings. The molecule has 0 aliphatic heterocycles. The molecule has 2 aromatic rings. The summed E-state index contributed by atoms with van der Waals surface area (Å²) in [5.74, 6) is -0.656. The topological polar surface area (TPSA) is 80.3 Å². The van der Waals surface area contributed by atoms with Crippen LogP contribution in [0.15, 0.2) is 42.6 Å². The van der Waals surface area contributed by atoms with Crippen molar-refractivity contribution in [1.29, 1.82) is 0 Å². The average Bonchev–Trinajstić information content (AvgIpc) is 2.58. The van der Waals surface area contributed by atoms with Crippen molar-refractivity contribution in [2.45, 2.75) is 20.0 Å². The van der Waals surface area contributed by atoms with Crippen LogP contribution in [0.4, 0.5) is 9.18 Å². The number of rotatable bonds is 6. The maximum Gasteiger partial charge on any atom is 0.407 e. The van der Waals surface area contributed by atoms with Gasteiger partial charge in [0.15, 0.2) is 0 Å². The van der Waals surface area contributed by atoms with Gasteiger partial charge in [-0.05, 0) is 36.8 Å². The lowest BCUT2D eigenvalue weighted by Gasteiger charge is -2.08. The van der Waals surface area contributed by atoms with Gasteiger partial charge in [0.05, 0.1) is 18.8 Å². The molecular formula is C17H18FN3O3. The van der Waals surface area contributed by atoms with Crippen LogP contribution in [0.5, 0.6) is 0 Å². The summed E-state index contributed by atoms with van der Waals surface area (Å²) in [4.78, 5) is 27.5. The van der Waals surface area contributed by atoms with Crippen molar-refractivity contribution in [3.8, 4) is 0 Å². The van der Waals surface area contributed by atoms with Gasteiger partial charge in [-0.3, -0.25) is 9.78 Å². The molecule has 6 nitrogen and oxygen atoms in total. The van der Waals surface area contributed by atoms with E-state index in [1.165, 1.54) is 18.3 Å². The zero-order valence-corrected chi connectivity index (χ0v) is 13.2. The van der Waals surface area contributed by atoms with Crippen LogP contribution in [0.1, 0.15) is 28.5 Å². The lowest BCUT2D eigenvalue weighted by Crippen LogP contribution is -2.25. The zero-order chi connectivity index (χ0) is 17.4. The molecule has 0 atom stereocenters. The monoisotopic (exact) mass is 331 g/mol. The van der Waals surface area contributed by atoms with E-state index in [0.29, 0.717) is 16.8 Å². The van der Waals surface area contributed by atoms with E-state index in [4.69, 9.17) is 4.74 Å². The summed E-state index contributed by atoms with van der Waals surface area (Å²) in [6.07, 6.45) is 0.944. The van der Waals surface area contributed by atoms with Gasteiger partial charge in [-0.15, -0.1) is 0 Å². The molecule has 0 saturated carbocycles. The van der Waals surface area contributed by atoms with Gasteiger partial charge in [0, 0.05) is 18.3 Å². The Morgan fingerprint density at radius 2 is 2.00 bits per heavy atom. The standard InChI is InChI=1S/C17H18FN3O3/c1-2-24-17(23)21-11-15-9-13(6-7-19-15)16(22)20-10-12-4-3-5-14(18)8-12/h3-9H,2,10-11H2,1H3,(H,20,22)(H,21,23). The second kappa shape index (κ2) is 8.61. The molecule has 0 fully saturated rings. The Kier molecular flexibility index (Phi) is 6.24. The molecule has 0 unspecified atom stereocenters. The van der Waals surface area contributed by atoms with E-state index in [2.05, 4.69) is 15.6 Å². The van der Waals surface area contributed by atoms with Gasteiger partial charge >= 0.3 is 6.09 Å². The number of ether oxygens (including phenoxy) is 1. The maximum absolute atomic E-state index is 13.1. The molecule has 2 amide bonds. The van der Waals surface area contributed by atoms with Crippen LogP contribution < -0.4 is 10.6 Å². The number of alkyl carbamates (subject to hydrolysis) is 1. The molecule has 0 aliphatic carbocycles. The lowest BCUT2D eigenvalue weighted by atomic mass is 10.2. The Hall–Kier alpha value is -2.96. The molecule has 126 valence electrons. The van der Waals surface area contributed by atoms with Crippen molar-refractivity contribution < 1.29 is 18.7 Å². The van der Waals surface area contributed by atoms with E-state index in [9.17, 15) is 14.0 Å². The summed E-state index contributed by atoms with van der Waals surface area (Å²) in [7, 11) is 0. The number of benzene rings is 1. The highest BCUT2D eigenvalue weighted by atomic mass is 19.1. The minimum absolute atomic E-state index is 0.157. The third-order valence-corrected chi connectivity index (χ3v) is 3.11. The van der Waals surface area contributed by atoms with E-state index < -0.39 is 6.09 Å². The average molecular weight is 331 g/mol. The van der Waals surface area contributed by atoms with Crippen LogP contribution in [0, 0.1) is 5.82 Å². The van der Waals surface area contributed by atoms with E-state index in [1.807, 2.05) is 0 Å². The second-order valence-electron chi connectivity index (χ2n) is 4.92. The number of nitrogens with one attached hydrogen (secondary N) is 2. The number of carbonyl (C=O) groups is 2. The van der Waals surface area contributed by atoms with E-state index in [0.717, 1.165) is 0 Å². The predicted octanol–water partition coefficient (Wildman–Crippen LogP) is 2.40. The summed E-state index contributed by atoms with van der Waals surface area (Å²) in [5, 5.41) is 5.24. The number of halogens is 1. The minimum Gasteiger partial charge on any atom is -0.450 e. The molecule has 2 N–H and O–H groups in total. The Morgan fingerprint density at radius 1 is 1.17 bits per heavy atom. The third kappa shape index (κ3) is 5.35. The summed E-state index contributed by atoms with van der Waals surface area (Å²) in [5.41, 5.74) is 1.60. The van der Waals surface area contributed by atoms with Gasteiger partial charge in [0.25, 0.3) is 5.91 Å². The quantitative estimate of drug-likeness (QED) is 0.852. The van der Waals surface area contributed by atoms with E-state index in [-0.39, 0.29) is 31.4 Å².